The Balaban J connectivity index is 3.27. The summed E-state index contributed by atoms with van der Waals surface area (Å²) in [7, 11) is 0. The quantitative estimate of drug-likeness (QED) is 0.582. The molecule has 0 amide bonds. The maximum Gasteiger partial charge on any atom is 0.176 e. The van der Waals surface area contributed by atoms with Crippen LogP contribution in [0.1, 0.15) is 17.3 Å². The zero-order chi connectivity index (χ0) is 8.43. The molecular weight excluding hydrogens is 146 g/mol. The summed E-state index contributed by atoms with van der Waals surface area (Å²) in [5, 5.41) is 17.9. The van der Waals surface area contributed by atoms with Gasteiger partial charge in [-0.25, -0.2) is 0 Å². The Morgan fingerprint density at radius 2 is 2.09 bits per heavy atom. The minimum Gasteiger partial charge on any atom is -0.504 e. The summed E-state index contributed by atoms with van der Waals surface area (Å²) in [5.74, 6) is -1.11. The molecular formula is C7H7NO3. The molecule has 0 bridgehead atoms. The normalized spacial score (nSPS) is 9.55. The Morgan fingerprint density at radius 1 is 1.45 bits per heavy atom. The fourth-order valence-electron chi connectivity index (χ4n) is 0.700. The predicted molar refractivity (Wildman–Crippen MR) is 37.6 cm³/mol. The van der Waals surface area contributed by atoms with Crippen molar-refractivity contribution in [3.8, 4) is 11.5 Å². The Bertz CT molecular complexity index is 296. The number of aromatic hydroxyl groups is 2. The first-order chi connectivity index (χ1) is 5.13. The van der Waals surface area contributed by atoms with Crippen LogP contribution < -0.4 is 0 Å². The summed E-state index contributed by atoms with van der Waals surface area (Å²) < 4.78 is 0. The van der Waals surface area contributed by atoms with Gasteiger partial charge in [0.05, 0.1) is 11.8 Å². The van der Waals surface area contributed by atoms with E-state index < -0.39 is 5.75 Å². The molecule has 1 heterocycles. The van der Waals surface area contributed by atoms with E-state index in [1.807, 2.05) is 0 Å². The number of hydrogen-bond acceptors (Lipinski definition) is 4. The molecule has 0 aliphatic heterocycles. The molecule has 1 aromatic heterocycles. The van der Waals surface area contributed by atoms with Crippen molar-refractivity contribution in [3.05, 3.63) is 18.0 Å². The maximum absolute atomic E-state index is 10.7. The van der Waals surface area contributed by atoms with Crippen LogP contribution in [0.5, 0.6) is 11.5 Å². The average Bonchev–Trinajstić information content (AvgIpc) is 1.94. The van der Waals surface area contributed by atoms with E-state index >= 15 is 0 Å². The van der Waals surface area contributed by atoms with E-state index in [9.17, 15) is 4.79 Å². The van der Waals surface area contributed by atoms with Gasteiger partial charge in [-0.3, -0.25) is 9.78 Å². The number of Topliss-reactive ketones (excluding diaryl/α,β-unsaturated/α-hetero) is 1. The molecule has 0 aliphatic carbocycles. The van der Waals surface area contributed by atoms with Crippen LogP contribution >= 0.6 is 0 Å². The lowest BCUT2D eigenvalue weighted by Crippen LogP contribution is -1.93. The molecule has 4 heteroatoms. The minimum absolute atomic E-state index is 0.0324. The monoisotopic (exact) mass is 153 g/mol. The number of rotatable bonds is 1. The molecule has 0 spiro atoms. The summed E-state index contributed by atoms with van der Waals surface area (Å²) in [4.78, 5) is 14.2. The Hall–Kier alpha value is -1.58. The second-order valence-electron chi connectivity index (χ2n) is 2.11. The van der Waals surface area contributed by atoms with Crippen LogP contribution in [0.25, 0.3) is 0 Å². The van der Waals surface area contributed by atoms with Gasteiger partial charge in [-0.2, -0.15) is 0 Å². The maximum atomic E-state index is 10.7. The van der Waals surface area contributed by atoms with Gasteiger partial charge in [0.2, 0.25) is 0 Å². The van der Waals surface area contributed by atoms with Crippen molar-refractivity contribution >= 4 is 5.78 Å². The van der Waals surface area contributed by atoms with E-state index in [2.05, 4.69) is 4.98 Å². The highest BCUT2D eigenvalue weighted by atomic mass is 16.3. The highest BCUT2D eigenvalue weighted by molar-refractivity contribution is 5.97. The molecule has 0 saturated heterocycles. The van der Waals surface area contributed by atoms with Crippen molar-refractivity contribution in [1.29, 1.82) is 0 Å². The van der Waals surface area contributed by atoms with Gasteiger partial charge in [-0.15, -0.1) is 0 Å². The van der Waals surface area contributed by atoms with E-state index in [0.717, 1.165) is 6.20 Å². The van der Waals surface area contributed by atoms with Crippen molar-refractivity contribution in [1.82, 2.24) is 4.98 Å². The number of nitrogens with zero attached hydrogens (tertiary/aromatic N) is 1. The first kappa shape index (κ1) is 7.53. The molecule has 4 nitrogen and oxygen atoms in total. The molecule has 2 N–H and O–H groups in total. The molecule has 0 fully saturated rings. The molecule has 0 unspecified atom stereocenters. The fraction of sp³-hybridized carbons (Fsp3) is 0.143. The minimum atomic E-state index is -0.410. The lowest BCUT2D eigenvalue weighted by Gasteiger charge is -1.99. The van der Waals surface area contributed by atoms with Gasteiger partial charge in [0.15, 0.2) is 17.3 Å². The summed E-state index contributed by atoms with van der Waals surface area (Å²) >= 11 is 0. The van der Waals surface area contributed by atoms with Crippen LogP contribution in [-0.4, -0.2) is 21.0 Å². The van der Waals surface area contributed by atoms with Crippen LogP contribution in [0.3, 0.4) is 0 Å². The smallest absolute Gasteiger partial charge is 0.176 e. The average molecular weight is 153 g/mol. The van der Waals surface area contributed by atoms with Crippen LogP contribution in [0.4, 0.5) is 0 Å². The van der Waals surface area contributed by atoms with Crippen molar-refractivity contribution in [2.75, 3.05) is 0 Å². The van der Waals surface area contributed by atoms with Crippen LogP contribution in [-0.2, 0) is 0 Å². The van der Waals surface area contributed by atoms with Crippen molar-refractivity contribution < 1.29 is 15.0 Å². The van der Waals surface area contributed by atoms with Crippen molar-refractivity contribution in [2.24, 2.45) is 0 Å². The van der Waals surface area contributed by atoms with Crippen molar-refractivity contribution in [3.63, 3.8) is 0 Å². The van der Waals surface area contributed by atoms with E-state index in [-0.39, 0.29) is 17.1 Å². The molecule has 0 aliphatic rings. The molecule has 1 rings (SSSR count). The Morgan fingerprint density at radius 3 is 2.55 bits per heavy atom. The zero-order valence-electron chi connectivity index (χ0n) is 5.90. The summed E-state index contributed by atoms with van der Waals surface area (Å²) in [6.07, 6.45) is 2.28. The zero-order valence-corrected chi connectivity index (χ0v) is 5.90. The van der Waals surface area contributed by atoms with Gasteiger partial charge in [0, 0.05) is 6.20 Å². The number of carbonyl (C=O) groups excluding carboxylic acids is 1. The predicted octanol–water partition coefficient (Wildman–Crippen LogP) is 0.695. The number of ketones is 1. The second kappa shape index (κ2) is 2.57. The third kappa shape index (κ3) is 1.29. The van der Waals surface area contributed by atoms with E-state index in [1.54, 1.807) is 0 Å². The summed E-state index contributed by atoms with van der Waals surface area (Å²) in [6, 6.07) is 0. The molecule has 58 valence electrons. The Labute approximate surface area is 63.1 Å². The highest BCUT2D eigenvalue weighted by Crippen LogP contribution is 2.26. The first-order valence-corrected chi connectivity index (χ1v) is 3.00. The lowest BCUT2D eigenvalue weighted by molar-refractivity contribution is 0.101. The molecule has 11 heavy (non-hydrogen) atoms. The van der Waals surface area contributed by atoms with Crippen molar-refractivity contribution in [2.45, 2.75) is 6.92 Å². The van der Waals surface area contributed by atoms with Gasteiger partial charge < -0.3 is 10.2 Å². The van der Waals surface area contributed by atoms with E-state index in [0.29, 0.717) is 0 Å². The van der Waals surface area contributed by atoms with Crippen LogP contribution in [0.2, 0.25) is 0 Å². The van der Waals surface area contributed by atoms with Gasteiger partial charge in [-0.1, -0.05) is 0 Å². The molecule has 1 aromatic rings. The molecule has 0 radical (unpaired) electrons. The summed E-state index contributed by atoms with van der Waals surface area (Å²) in [5.41, 5.74) is 0.0324. The Kier molecular flexibility index (Phi) is 1.76. The van der Waals surface area contributed by atoms with Gasteiger partial charge in [0.1, 0.15) is 0 Å². The van der Waals surface area contributed by atoms with Gasteiger partial charge in [0.25, 0.3) is 0 Å². The van der Waals surface area contributed by atoms with E-state index in [4.69, 9.17) is 10.2 Å². The van der Waals surface area contributed by atoms with Gasteiger partial charge in [-0.05, 0) is 6.92 Å². The van der Waals surface area contributed by atoms with Crippen LogP contribution in [0.15, 0.2) is 12.4 Å². The molecule has 0 saturated carbocycles. The topological polar surface area (TPSA) is 70.4 Å². The van der Waals surface area contributed by atoms with Gasteiger partial charge >= 0.3 is 0 Å². The number of hydrogen-bond donors (Lipinski definition) is 2. The standard InChI is InChI=1S/C7H7NO3/c1-4(9)5-2-8-3-6(10)7(5)11/h2-3,10H,1H3,(H,8,11). The third-order valence-electron chi connectivity index (χ3n) is 1.28. The molecule has 0 aromatic carbocycles. The largest absolute Gasteiger partial charge is 0.504 e. The highest BCUT2D eigenvalue weighted by Gasteiger charge is 2.09. The number of aromatic nitrogens is 1. The number of pyridine rings is 1. The lowest BCUT2D eigenvalue weighted by atomic mass is 10.2. The number of carbonyl (C=O) groups is 1. The van der Waals surface area contributed by atoms with Crippen LogP contribution in [0, 0.1) is 0 Å². The summed E-state index contributed by atoms with van der Waals surface area (Å²) in [6.45, 7) is 1.29. The SMILES string of the molecule is CC(=O)c1cncc(O)c1O. The fourth-order valence-corrected chi connectivity index (χ4v) is 0.700. The second-order valence-corrected chi connectivity index (χ2v) is 2.11. The molecule has 0 atom stereocenters. The third-order valence-corrected chi connectivity index (χ3v) is 1.28. The van der Waals surface area contributed by atoms with E-state index in [1.165, 1.54) is 13.1 Å². The first-order valence-electron chi connectivity index (χ1n) is 3.00.